The average Bonchev–Trinajstić information content (AvgIpc) is 3.27. The maximum atomic E-state index is 5.99. The molecule has 3 aromatic rings. The maximum Gasteiger partial charge on any atom is 0.191 e. The van der Waals surface area contributed by atoms with E-state index in [0.717, 1.165) is 42.4 Å². The fraction of sp³-hybridized carbons (Fsp3) is 0.286. The van der Waals surface area contributed by atoms with Crippen molar-refractivity contribution in [3.8, 4) is 5.75 Å². The summed E-state index contributed by atoms with van der Waals surface area (Å²) in [7, 11) is 0. The largest absolute Gasteiger partial charge is 0.488 e. The molecule has 0 amide bonds. The third-order valence-electron chi connectivity index (χ3n) is 4.55. The number of nitrogens with zero attached hydrogens (tertiary/aromatic N) is 1. The van der Waals surface area contributed by atoms with Gasteiger partial charge in [-0.15, -0.1) is 0 Å². The van der Waals surface area contributed by atoms with Crippen LogP contribution in [-0.2, 0) is 13.0 Å². The SMILES string of the molecule is CCNC(=NCc1cc2ccccc2[nH]1)NCC1Cc2ccccc2O1. The van der Waals surface area contributed by atoms with E-state index in [1.54, 1.807) is 0 Å². The Bertz CT molecular complexity index is 857. The minimum atomic E-state index is 0.143. The summed E-state index contributed by atoms with van der Waals surface area (Å²) in [6, 6.07) is 18.7. The van der Waals surface area contributed by atoms with Crippen LogP contribution in [0.25, 0.3) is 10.9 Å². The first-order chi connectivity index (χ1) is 12.8. The van der Waals surface area contributed by atoms with Gasteiger partial charge in [-0.25, -0.2) is 4.99 Å². The second-order valence-electron chi connectivity index (χ2n) is 6.51. The number of aliphatic imine (C=N–C) groups is 1. The van der Waals surface area contributed by atoms with Crippen LogP contribution in [0.3, 0.4) is 0 Å². The predicted octanol–water partition coefficient (Wildman–Crippen LogP) is 3.23. The number of hydrogen-bond acceptors (Lipinski definition) is 2. The third kappa shape index (κ3) is 3.67. The number of aromatic nitrogens is 1. The summed E-state index contributed by atoms with van der Waals surface area (Å²) >= 11 is 0. The number of rotatable bonds is 5. The standard InChI is InChI=1S/C21H24N4O/c1-2-22-21(23-13-17-11-15-7-3-5-9-19(15)25-17)24-14-18-12-16-8-4-6-10-20(16)26-18/h3-11,18,25H,2,12-14H2,1H3,(H2,22,23,24). The summed E-state index contributed by atoms with van der Waals surface area (Å²) in [5.74, 6) is 1.81. The number of nitrogens with one attached hydrogen (secondary N) is 3. The molecule has 0 saturated heterocycles. The van der Waals surface area contributed by atoms with E-state index >= 15 is 0 Å². The Morgan fingerprint density at radius 1 is 1.15 bits per heavy atom. The van der Waals surface area contributed by atoms with Crippen LogP contribution in [-0.4, -0.2) is 30.1 Å². The first-order valence-corrected chi connectivity index (χ1v) is 9.15. The zero-order valence-corrected chi connectivity index (χ0v) is 15.0. The summed E-state index contributed by atoms with van der Waals surface area (Å²) in [4.78, 5) is 8.11. The number of aromatic amines is 1. The van der Waals surface area contributed by atoms with Crippen molar-refractivity contribution in [3.05, 3.63) is 65.9 Å². The van der Waals surface area contributed by atoms with Gasteiger partial charge in [-0.05, 0) is 36.1 Å². The molecule has 5 nitrogen and oxygen atoms in total. The van der Waals surface area contributed by atoms with E-state index in [0.29, 0.717) is 6.54 Å². The lowest BCUT2D eigenvalue weighted by Crippen LogP contribution is -2.42. The Hall–Kier alpha value is -2.95. The zero-order valence-electron chi connectivity index (χ0n) is 15.0. The van der Waals surface area contributed by atoms with Crippen molar-refractivity contribution in [1.82, 2.24) is 15.6 Å². The van der Waals surface area contributed by atoms with Crippen molar-refractivity contribution in [2.45, 2.75) is 26.0 Å². The first kappa shape index (κ1) is 16.5. The monoisotopic (exact) mass is 348 g/mol. The quantitative estimate of drug-likeness (QED) is 0.490. The molecular weight excluding hydrogens is 324 g/mol. The van der Waals surface area contributed by atoms with Gasteiger partial charge in [0.25, 0.3) is 0 Å². The van der Waals surface area contributed by atoms with Crippen molar-refractivity contribution in [2.75, 3.05) is 13.1 Å². The van der Waals surface area contributed by atoms with E-state index in [-0.39, 0.29) is 6.10 Å². The van der Waals surface area contributed by atoms with Gasteiger partial charge < -0.3 is 20.4 Å². The van der Waals surface area contributed by atoms with Gasteiger partial charge in [0.1, 0.15) is 11.9 Å². The highest BCUT2D eigenvalue weighted by Crippen LogP contribution is 2.27. The maximum absolute atomic E-state index is 5.99. The fourth-order valence-corrected chi connectivity index (χ4v) is 3.30. The van der Waals surface area contributed by atoms with Crippen molar-refractivity contribution in [1.29, 1.82) is 0 Å². The van der Waals surface area contributed by atoms with Gasteiger partial charge in [0, 0.05) is 24.2 Å². The molecule has 0 spiro atoms. The molecule has 0 fully saturated rings. The van der Waals surface area contributed by atoms with Crippen molar-refractivity contribution >= 4 is 16.9 Å². The lowest BCUT2D eigenvalue weighted by Gasteiger charge is -2.15. The lowest BCUT2D eigenvalue weighted by atomic mass is 10.1. The van der Waals surface area contributed by atoms with E-state index in [9.17, 15) is 0 Å². The van der Waals surface area contributed by atoms with Gasteiger partial charge in [-0.1, -0.05) is 36.4 Å². The second kappa shape index (κ2) is 7.52. The van der Waals surface area contributed by atoms with Gasteiger partial charge in [-0.2, -0.15) is 0 Å². The number of ether oxygens (including phenoxy) is 1. The molecule has 134 valence electrons. The highest BCUT2D eigenvalue weighted by atomic mass is 16.5. The van der Waals surface area contributed by atoms with Crippen LogP contribution in [0.5, 0.6) is 5.75 Å². The first-order valence-electron chi connectivity index (χ1n) is 9.15. The molecule has 2 heterocycles. The number of hydrogen-bond donors (Lipinski definition) is 3. The van der Waals surface area contributed by atoms with Gasteiger partial charge in [0.05, 0.1) is 13.1 Å². The molecule has 1 unspecified atom stereocenters. The molecular formula is C21H24N4O. The van der Waals surface area contributed by atoms with Gasteiger partial charge in [0.2, 0.25) is 0 Å². The molecule has 1 aliphatic heterocycles. The van der Waals surface area contributed by atoms with Crippen LogP contribution >= 0.6 is 0 Å². The summed E-state index contributed by atoms with van der Waals surface area (Å²) in [6.45, 7) is 4.23. The smallest absolute Gasteiger partial charge is 0.191 e. The van der Waals surface area contributed by atoms with E-state index in [1.165, 1.54) is 10.9 Å². The van der Waals surface area contributed by atoms with Crippen molar-refractivity contribution in [2.24, 2.45) is 4.99 Å². The Balaban J connectivity index is 1.37. The minimum absolute atomic E-state index is 0.143. The van der Waals surface area contributed by atoms with Crippen LogP contribution in [0.2, 0.25) is 0 Å². The van der Waals surface area contributed by atoms with E-state index < -0.39 is 0 Å². The number of guanidine groups is 1. The highest BCUT2D eigenvalue weighted by Gasteiger charge is 2.22. The molecule has 1 aliphatic rings. The number of para-hydroxylation sites is 2. The second-order valence-corrected chi connectivity index (χ2v) is 6.51. The molecule has 26 heavy (non-hydrogen) atoms. The predicted molar refractivity (Wildman–Crippen MR) is 106 cm³/mol. The van der Waals surface area contributed by atoms with Gasteiger partial charge >= 0.3 is 0 Å². The zero-order chi connectivity index (χ0) is 17.8. The molecule has 3 N–H and O–H groups in total. The van der Waals surface area contributed by atoms with E-state index in [1.807, 2.05) is 18.2 Å². The molecule has 5 heteroatoms. The average molecular weight is 348 g/mol. The van der Waals surface area contributed by atoms with Crippen LogP contribution < -0.4 is 15.4 Å². The van der Waals surface area contributed by atoms with E-state index in [2.05, 4.69) is 58.9 Å². The number of H-pyrrole nitrogens is 1. The van der Waals surface area contributed by atoms with Crippen LogP contribution in [0.1, 0.15) is 18.2 Å². The molecule has 0 radical (unpaired) electrons. The summed E-state index contributed by atoms with van der Waals surface area (Å²) in [5.41, 5.74) is 3.53. The topological polar surface area (TPSA) is 61.4 Å². The number of benzene rings is 2. The molecule has 1 aromatic heterocycles. The molecule has 1 atom stereocenters. The summed E-state index contributed by atoms with van der Waals surface area (Å²) in [5, 5.41) is 7.92. The van der Waals surface area contributed by atoms with E-state index in [4.69, 9.17) is 9.73 Å². The molecule has 0 aliphatic carbocycles. The molecule has 0 bridgehead atoms. The summed E-state index contributed by atoms with van der Waals surface area (Å²) in [6.07, 6.45) is 1.08. The van der Waals surface area contributed by atoms with Gasteiger partial charge in [0.15, 0.2) is 5.96 Å². The highest BCUT2D eigenvalue weighted by molar-refractivity contribution is 5.81. The molecule has 4 rings (SSSR count). The van der Waals surface area contributed by atoms with Crippen molar-refractivity contribution < 1.29 is 4.74 Å². The minimum Gasteiger partial charge on any atom is -0.488 e. The van der Waals surface area contributed by atoms with Crippen LogP contribution in [0.15, 0.2) is 59.6 Å². The Kier molecular flexibility index (Phi) is 4.78. The van der Waals surface area contributed by atoms with Gasteiger partial charge in [-0.3, -0.25) is 0 Å². The Labute approximate surface area is 153 Å². The molecule has 0 saturated carbocycles. The third-order valence-corrected chi connectivity index (χ3v) is 4.55. The Morgan fingerprint density at radius 3 is 2.85 bits per heavy atom. The number of fused-ring (bicyclic) bond motifs is 2. The van der Waals surface area contributed by atoms with Crippen LogP contribution in [0, 0.1) is 0 Å². The summed E-state index contributed by atoms with van der Waals surface area (Å²) < 4.78 is 5.99. The fourth-order valence-electron chi connectivity index (χ4n) is 3.30. The van der Waals surface area contributed by atoms with Crippen molar-refractivity contribution in [3.63, 3.8) is 0 Å². The normalized spacial score (nSPS) is 16.3. The lowest BCUT2D eigenvalue weighted by molar-refractivity contribution is 0.235. The van der Waals surface area contributed by atoms with Crippen LogP contribution in [0.4, 0.5) is 0 Å². The Morgan fingerprint density at radius 2 is 2.00 bits per heavy atom. The molecule has 2 aromatic carbocycles.